The Morgan fingerprint density at radius 2 is 1.72 bits per heavy atom. The van der Waals surface area contributed by atoms with Gasteiger partial charge in [0.05, 0.1) is 0 Å². The lowest BCUT2D eigenvalue weighted by atomic mass is 10.1. The number of benzene rings is 1. The lowest BCUT2D eigenvalue weighted by Crippen LogP contribution is -2.35. The summed E-state index contributed by atoms with van der Waals surface area (Å²) >= 11 is 0. The Kier molecular flexibility index (Phi) is 5.64. The Hall–Kier alpha value is -2.43. The lowest BCUT2D eigenvalue weighted by molar-refractivity contribution is 0.0928. The summed E-state index contributed by atoms with van der Waals surface area (Å²) in [5, 5.41) is 6.32. The molecule has 0 radical (unpaired) electrons. The number of aromatic nitrogens is 2. The number of anilines is 2. The van der Waals surface area contributed by atoms with Crippen molar-refractivity contribution in [2.45, 2.75) is 58.4 Å². The number of amides is 1. The molecule has 0 bridgehead atoms. The van der Waals surface area contributed by atoms with E-state index in [0.717, 1.165) is 18.5 Å². The fraction of sp³-hybridized carbons (Fsp3) is 0.450. The third-order valence-electron chi connectivity index (χ3n) is 4.56. The van der Waals surface area contributed by atoms with E-state index in [2.05, 4.69) is 40.5 Å². The molecule has 0 unspecified atom stereocenters. The summed E-state index contributed by atoms with van der Waals surface area (Å²) in [5.41, 5.74) is 3.68. The van der Waals surface area contributed by atoms with Gasteiger partial charge in [0.2, 0.25) is 5.95 Å². The molecule has 1 aliphatic carbocycles. The third kappa shape index (κ3) is 5.02. The van der Waals surface area contributed by atoms with E-state index in [1.54, 1.807) is 12.3 Å². The summed E-state index contributed by atoms with van der Waals surface area (Å²) in [4.78, 5) is 21.1. The number of carbonyl (C=O) groups is 1. The highest BCUT2D eigenvalue weighted by atomic mass is 16.1. The average Bonchev–Trinajstić information content (AvgIpc) is 2.83. The van der Waals surface area contributed by atoms with Gasteiger partial charge >= 0.3 is 0 Å². The van der Waals surface area contributed by atoms with Crippen molar-refractivity contribution in [1.29, 1.82) is 0 Å². The van der Waals surface area contributed by atoms with Gasteiger partial charge in [-0.3, -0.25) is 4.79 Å². The monoisotopic (exact) mass is 338 g/mol. The molecule has 2 N–H and O–H groups in total. The molecule has 1 heterocycles. The zero-order valence-electron chi connectivity index (χ0n) is 15.0. The van der Waals surface area contributed by atoms with Gasteiger partial charge in [-0.1, -0.05) is 31.7 Å². The zero-order chi connectivity index (χ0) is 17.6. The molecule has 1 aliphatic rings. The lowest BCUT2D eigenvalue weighted by Gasteiger charge is -2.16. The fourth-order valence-corrected chi connectivity index (χ4v) is 3.40. The Morgan fingerprint density at radius 3 is 2.40 bits per heavy atom. The van der Waals surface area contributed by atoms with Crippen LogP contribution in [0.4, 0.5) is 11.6 Å². The van der Waals surface area contributed by atoms with Crippen molar-refractivity contribution >= 4 is 17.5 Å². The van der Waals surface area contributed by atoms with Gasteiger partial charge in [-0.15, -0.1) is 0 Å². The minimum atomic E-state index is -0.113. The van der Waals surface area contributed by atoms with E-state index in [0.29, 0.717) is 11.6 Å². The number of rotatable bonds is 4. The Morgan fingerprint density at radius 1 is 1.04 bits per heavy atom. The first-order valence-electron chi connectivity index (χ1n) is 9.09. The maximum absolute atomic E-state index is 12.5. The van der Waals surface area contributed by atoms with Crippen LogP contribution >= 0.6 is 0 Å². The molecule has 25 heavy (non-hydrogen) atoms. The Bertz CT molecular complexity index is 716. The highest BCUT2D eigenvalue weighted by Gasteiger charge is 2.17. The van der Waals surface area contributed by atoms with Crippen LogP contribution in [0.2, 0.25) is 0 Å². The van der Waals surface area contributed by atoms with Crippen LogP contribution in [-0.2, 0) is 0 Å². The zero-order valence-corrected chi connectivity index (χ0v) is 15.0. The van der Waals surface area contributed by atoms with Crippen molar-refractivity contribution in [3.05, 3.63) is 47.3 Å². The number of aryl methyl sites for hydroxylation is 2. The van der Waals surface area contributed by atoms with Crippen LogP contribution in [0.3, 0.4) is 0 Å². The van der Waals surface area contributed by atoms with Crippen LogP contribution in [0.5, 0.6) is 0 Å². The van der Waals surface area contributed by atoms with Crippen LogP contribution in [0.15, 0.2) is 30.5 Å². The molecule has 1 aromatic carbocycles. The number of hydrogen-bond donors (Lipinski definition) is 2. The molecule has 1 saturated carbocycles. The topological polar surface area (TPSA) is 66.9 Å². The molecule has 3 rings (SSSR count). The van der Waals surface area contributed by atoms with Crippen LogP contribution in [-0.4, -0.2) is 21.9 Å². The molecule has 2 aromatic rings. The van der Waals surface area contributed by atoms with Crippen molar-refractivity contribution in [2.75, 3.05) is 5.32 Å². The van der Waals surface area contributed by atoms with Crippen molar-refractivity contribution in [3.8, 4) is 0 Å². The minimum absolute atomic E-state index is 0.113. The second kappa shape index (κ2) is 8.10. The van der Waals surface area contributed by atoms with E-state index in [1.807, 2.05) is 12.1 Å². The number of hydrogen-bond acceptors (Lipinski definition) is 4. The fourth-order valence-electron chi connectivity index (χ4n) is 3.40. The molecule has 1 aromatic heterocycles. The van der Waals surface area contributed by atoms with Crippen molar-refractivity contribution in [2.24, 2.45) is 0 Å². The molecule has 1 fully saturated rings. The number of nitrogens with zero attached hydrogens (tertiary/aromatic N) is 2. The minimum Gasteiger partial charge on any atom is -0.348 e. The van der Waals surface area contributed by atoms with Crippen molar-refractivity contribution < 1.29 is 4.79 Å². The number of carbonyl (C=O) groups excluding carboxylic acids is 1. The first-order valence-corrected chi connectivity index (χ1v) is 9.09. The first-order chi connectivity index (χ1) is 12.1. The summed E-state index contributed by atoms with van der Waals surface area (Å²) in [6.45, 7) is 4.10. The summed E-state index contributed by atoms with van der Waals surface area (Å²) in [7, 11) is 0. The highest BCUT2D eigenvalue weighted by Crippen LogP contribution is 2.19. The van der Waals surface area contributed by atoms with Crippen LogP contribution in [0.25, 0.3) is 0 Å². The number of nitrogens with one attached hydrogen (secondary N) is 2. The second-order valence-corrected chi connectivity index (χ2v) is 6.93. The highest BCUT2D eigenvalue weighted by molar-refractivity contribution is 5.92. The smallest absolute Gasteiger partial charge is 0.270 e. The predicted octanol–water partition coefficient (Wildman–Crippen LogP) is 4.29. The molecule has 132 valence electrons. The van der Waals surface area contributed by atoms with Gasteiger partial charge < -0.3 is 10.6 Å². The molecule has 0 saturated heterocycles. The summed E-state index contributed by atoms with van der Waals surface area (Å²) in [6.07, 6.45) is 8.66. The molecule has 1 amide bonds. The summed E-state index contributed by atoms with van der Waals surface area (Å²) in [5.74, 6) is 0.330. The average molecular weight is 338 g/mol. The molecule has 0 aliphatic heterocycles. The van der Waals surface area contributed by atoms with Gasteiger partial charge in [-0.05, 0) is 56.0 Å². The molecule has 5 nitrogen and oxygen atoms in total. The summed E-state index contributed by atoms with van der Waals surface area (Å²) < 4.78 is 0. The normalized spacial score (nSPS) is 15.4. The van der Waals surface area contributed by atoms with Gasteiger partial charge in [0.1, 0.15) is 5.69 Å². The quantitative estimate of drug-likeness (QED) is 0.816. The van der Waals surface area contributed by atoms with Gasteiger partial charge in [0, 0.05) is 17.9 Å². The van der Waals surface area contributed by atoms with Gasteiger partial charge in [0.15, 0.2) is 0 Å². The van der Waals surface area contributed by atoms with Crippen LogP contribution < -0.4 is 10.6 Å². The molecule has 0 spiro atoms. The van der Waals surface area contributed by atoms with Crippen molar-refractivity contribution in [1.82, 2.24) is 15.3 Å². The largest absolute Gasteiger partial charge is 0.348 e. The first kappa shape index (κ1) is 17.4. The molecular weight excluding hydrogens is 312 g/mol. The van der Waals surface area contributed by atoms with E-state index in [1.165, 1.54) is 36.8 Å². The predicted molar refractivity (Wildman–Crippen MR) is 100 cm³/mol. The van der Waals surface area contributed by atoms with Crippen molar-refractivity contribution in [3.63, 3.8) is 0 Å². The van der Waals surface area contributed by atoms with E-state index >= 15 is 0 Å². The van der Waals surface area contributed by atoms with E-state index in [-0.39, 0.29) is 11.9 Å². The SMILES string of the molecule is Cc1cc(C)cc(Nc2nccc(C(=O)NC3CCCCCC3)n2)c1. The van der Waals surface area contributed by atoms with E-state index < -0.39 is 0 Å². The molecular formula is C20H26N4O. The maximum atomic E-state index is 12.5. The summed E-state index contributed by atoms with van der Waals surface area (Å²) in [6, 6.07) is 8.12. The maximum Gasteiger partial charge on any atom is 0.270 e. The standard InChI is InChI=1S/C20H26N4O/c1-14-11-15(2)13-17(12-14)23-20-21-10-9-18(24-20)19(25)22-16-7-5-3-4-6-8-16/h9-13,16H,3-8H2,1-2H3,(H,22,25)(H,21,23,24). The second-order valence-electron chi connectivity index (χ2n) is 6.93. The van der Waals surface area contributed by atoms with Gasteiger partial charge in [-0.25, -0.2) is 9.97 Å². The van der Waals surface area contributed by atoms with E-state index in [4.69, 9.17) is 0 Å². The van der Waals surface area contributed by atoms with E-state index in [9.17, 15) is 4.79 Å². The third-order valence-corrected chi connectivity index (χ3v) is 4.56. The van der Waals surface area contributed by atoms with Crippen LogP contribution in [0.1, 0.15) is 60.1 Å². The van der Waals surface area contributed by atoms with Gasteiger partial charge in [-0.2, -0.15) is 0 Å². The van der Waals surface area contributed by atoms with Gasteiger partial charge in [0.25, 0.3) is 5.91 Å². The molecule has 5 heteroatoms. The molecule has 0 atom stereocenters. The Labute approximate surface area is 149 Å². The Balaban J connectivity index is 1.68. The van der Waals surface area contributed by atoms with Crippen LogP contribution in [0, 0.1) is 13.8 Å².